The van der Waals surface area contributed by atoms with E-state index in [0.29, 0.717) is 43.5 Å². The van der Waals surface area contributed by atoms with E-state index in [1.54, 1.807) is 23.6 Å². The maximum atomic E-state index is 11.1. The summed E-state index contributed by atoms with van der Waals surface area (Å²) < 4.78 is 13.5. The molecule has 1 unspecified atom stereocenters. The highest BCUT2D eigenvalue weighted by Gasteiger charge is 2.37. The molecule has 0 saturated carbocycles. The van der Waals surface area contributed by atoms with E-state index in [1.165, 1.54) is 12.4 Å². The lowest BCUT2D eigenvalue weighted by Gasteiger charge is -2.35. The predicted octanol–water partition coefficient (Wildman–Crippen LogP) is 6.50. The molecule has 6 nitrogen and oxygen atoms in total. The third-order valence-electron chi connectivity index (χ3n) is 6.06. The number of nitrogens with zero attached hydrogens (tertiary/aromatic N) is 3. The van der Waals surface area contributed by atoms with Crippen molar-refractivity contribution in [2.24, 2.45) is 0 Å². The number of pyridine rings is 2. The number of aromatic nitrogens is 3. The Morgan fingerprint density at radius 1 is 1.12 bits per heavy atom. The smallest absolute Gasteiger partial charge is 0.192 e. The average molecular weight is 517 g/mol. The molecule has 0 spiro atoms. The van der Waals surface area contributed by atoms with Crippen LogP contribution in [0.1, 0.15) is 43.8 Å². The standard InChI is InChI=1S/C22H28Cl3N3O3Si/c1-22(2,3)32(5,6)31-12-16-20(25)28-17(7-8-19(30-4)21(28)27-16)18(29)9-13-14(23)10-26-11-15(13)24/h7-8,10-11,18,29H,9,12H2,1-6H3. The molecule has 0 saturated heterocycles. The number of halogens is 3. The minimum atomic E-state index is -2.00. The zero-order chi connectivity index (χ0) is 23.8. The van der Waals surface area contributed by atoms with E-state index in [1.807, 2.05) is 0 Å². The first-order chi connectivity index (χ1) is 14.9. The molecule has 0 amide bonds. The van der Waals surface area contributed by atoms with Crippen molar-refractivity contribution in [3.8, 4) is 5.75 Å². The van der Waals surface area contributed by atoms with Gasteiger partial charge in [0.15, 0.2) is 19.7 Å². The van der Waals surface area contributed by atoms with E-state index < -0.39 is 14.4 Å². The van der Waals surface area contributed by atoms with Gasteiger partial charge in [0.25, 0.3) is 0 Å². The Morgan fingerprint density at radius 3 is 2.31 bits per heavy atom. The van der Waals surface area contributed by atoms with Gasteiger partial charge in [-0.15, -0.1) is 0 Å². The molecular weight excluding hydrogens is 489 g/mol. The van der Waals surface area contributed by atoms with Crippen molar-refractivity contribution in [2.75, 3.05) is 7.11 Å². The van der Waals surface area contributed by atoms with E-state index in [4.69, 9.17) is 44.0 Å². The van der Waals surface area contributed by atoms with Gasteiger partial charge in [-0.05, 0) is 35.8 Å². The summed E-state index contributed by atoms with van der Waals surface area (Å²) in [5.74, 6) is 0.543. The fourth-order valence-electron chi connectivity index (χ4n) is 3.06. The summed E-state index contributed by atoms with van der Waals surface area (Å²) in [6.07, 6.45) is 2.24. The van der Waals surface area contributed by atoms with E-state index in [-0.39, 0.29) is 18.1 Å². The molecule has 3 rings (SSSR count). The number of methoxy groups -OCH3 is 1. The van der Waals surface area contributed by atoms with Crippen molar-refractivity contribution in [3.05, 3.63) is 56.7 Å². The zero-order valence-electron chi connectivity index (χ0n) is 19.0. The highest BCUT2D eigenvalue weighted by atomic mass is 35.5. The average Bonchev–Trinajstić information content (AvgIpc) is 3.04. The quantitative estimate of drug-likeness (QED) is 0.363. The van der Waals surface area contributed by atoms with Crippen LogP contribution in [0.4, 0.5) is 0 Å². The van der Waals surface area contributed by atoms with Gasteiger partial charge in [-0.1, -0.05) is 55.6 Å². The van der Waals surface area contributed by atoms with Gasteiger partial charge in [0, 0.05) is 18.8 Å². The number of imidazole rings is 1. The lowest BCUT2D eigenvalue weighted by atomic mass is 10.1. The van der Waals surface area contributed by atoms with Crippen molar-refractivity contribution in [2.45, 2.75) is 58.0 Å². The molecule has 10 heteroatoms. The van der Waals surface area contributed by atoms with Gasteiger partial charge in [-0.3, -0.25) is 9.38 Å². The molecule has 0 bridgehead atoms. The molecule has 0 aliphatic heterocycles. The first-order valence-electron chi connectivity index (χ1n) is 10.2. The van der Waals surface area contributed by atoms with Crippen molar-refractivity contribution < 1.29 is 14.3 Å². The summed E-state index contributed by atoms with van der Waals surface area (Å²) in [6.45, 7) is 11.2. The Bertz CT molecular complexity index is 1110. The number of ether oxygens (including phenoxy) is 1. The third kappa shape index (κ3) is 4.93. The maximum Gasteiger partial charge on any atom is 0.192 e. The lowest BCUT2D eigenvalue weighted by Crippen LogP contribution is -2.40. The molecule has 0 aromatic carbocycles. The summed E-state index contributed by atoms with van der Waals surface area (Å²) in [7, 11) is -0.438. The topological polar surface area (TPSA) is 68.9 Å². The SMILES string of the molecule is COc1ccc(C(O)Cc2c(Cl)cncc2Cl)n2c(Cl)c(CO[Si](C)(C)C(C)(C)C)nc12. The van der Waals surface area contributed by atoms with Crippen LogP contribution < -0.4 is 4.74 Å². The first-order valence-corrected chi connectivity index (χ1v) is 14.2. The Labute approximate surface area is 204 Å². The summed E-state index contributed by atoms with van der Waals surface area (Å²) >= 11 is 19.2. The Morgan fingerprint density at radius 2 is 1.75 bits per heavy atom. The molecule has 0 fully saturated rings. The number of hydrogen-bond acceptors (Lipinski definition) is 5. The minimum absolute atomic E-state index is 0.0563. The molecule has 3 aromatic rings. The maximum absolute atomic E-state index is 11.1. The van der Waals surface area contributed by atoms with E-state index >= 15 is 0 Å². The number of hydrogen-bond donors (Lipinski definition) is 1. The van der Waals surface area contributed by atoms with Crippen LogP contribution in [0.25, 0.3) is 5.65 Å². The molecule has 0 aliphatic carbocycles. The fourth-order valence-corrected chi connectivity index (χ4v) is 4.79. The van der Waals surface area contributed by atoms with E-state index in [9.17, 15) is 5.11 Å². The highest BCUT2D eigenvalue weighted by molar-refractivity contribution is 6.74. The molecule has 32 heavy (non-hydrogen) atoms. The first kappa shape index (κ1) is 25.3. The largest absolute Gasteiger partial charge is 0.493 e. The van der Waals surface area contributed by atoms with Gasteiger partial charge in [-0.2, -0.15) is 0 Å². The number of fused-ring (bicyclic) bond motifs is 1. The molecule has 0 aliphatic rings. The highest BCUT2D eigenvalue weighted by Crippen LogP contribution is 2.38. The van der Waals surface area contributed by atoms with E-state index in [2.05, 4.69) is 43.8 Å². The molecular formula is C22H28Cl3N3O3Si. The van der Waals surface area contributed by atoms with Gasteiger partial charge < -0.3 is 14.3 Å². The van der Waals surface area contributed by atoms with Gasteiger partial charge in [0.05, 0.1) is 35.6 Å². The lowest BCUT2D eigenvalue weighted by molar-refractivity contribution is 0.172. The monoisotopic (exact) mass is 515 g/mol. The summed E-state index contributed by atoms with van der Waals surface area (Å²) in [5, 5.41) is 12.3. The van der Waals surface area contributed by atoms with Crippen LogP contribution in [-0.4, -0.2) is 34.9 Å². The normalized spacial score (nSPS) is 13.6. The molecule has 0 radical (unpaired) electrons. The van der Waals surface area contributed by atoms with Crippen LogP contribution >= 0.6 is 34.8 Å². The van der Waals surface area contributed by atoms with Crippen molar-refractivity contribution >= 4 is 48.8 Å². The second kappa shape index (κ2) is 9.48. The number of aliphatic hydroxyl groups excluding tert-OH is 1. The molecule has 174 valence electrons. The number of rotatable bonds is 7. The molecule has 3 aromatic heterocycles. The summed E-state index contributed by atoms with van der Waals surface area (Å²) in [6, 6.07) is 3.51. The van der Waals surface area contributed by atoms with Gasteiger partial charge in [-0.25, -0.2) is 4.98 Å². The number of aliphatic hydroxyl groups is 1. The van der Waals surface area contributed by atoms with Crippen molar-refractivity contribution in [3.63, 3.8) is 0 Å². The van der Waals surface area contributed by atoms with Gasteiger partial charge in [0.2, 0.25) is 0 Å². The second-order valence-corrected chi connectivity index (χ2v) is 15.2. The van der Waals surface area contributed by atoms with Crippen LogP contribution in [0.5, 0.6) is 5.75 Å². The summed E-state index contributed by atoms with van der Waals surface area (Å²) in [4.78, 5) is 8.65. The Hall–Kier alpha value is -1.35. The molecule has 1 N–H and O–H groups in total. The molecule has 3 heterocycles. The minimum Gasteiger partial charge on any atom is -0.493 e. The Balaban J connectivity index is 2.01. The van der Waals surface area contributed by atoms with Crippen molar-refractivity contribution in [1.82, 2.24) is 14.4 Å². The van der Waals surface area contributed by atoms with E-state index in [0.717, 1.165) is 0 Å². The van der Waals surface area contributed by atoms with Gasteiger partial charge >= 0.3 is 0 Å². The van der Waals surface area contributed by atoms with Crippen LogP contribution in [0.3, 0.4) is 0 Å². The molecule has 1 atom stereocenters. The predicted molar refractivity (Wildman–Crippen MR) is 132 cm³/mol. The Kier molecular flexibility index (Phi) is 7.49. The van der Waals surface area contributed by atoms with Crippen LogP contribution in [0.2, 0.25) is 33.3 Å². The van der Waals surface area contributed by atoms with Crippen LogP contribution in [0.15, 0.2) is 24.5 Å². The zero-order valence-corrected chi connectivity index (χ0v) is 22.3. The van der Waals surface area contributed by atoms with Crippen LogP contribution in [-0.2, 0) is 17.5 Å². The second-order valence-electron chi connectivity index (χ2n) is 9.19. The third-order valence-corrected chi connectivity index (χ3v) is 11.6. The van der Waals surface area contributed by atoms with Crippen molar-refractivity contribution in [1.29, 1.82) is 0 Å². The fraction of sp³-hybridized carbons (Fsp3) is 0.455. The summed E-state index contributed by atoms with van der Waals surface area (Å²) in [5.41, 5.74) is 2.25. The van der Waals surface area contributed by atoms with Gasteiger partial charge in [0.1, 0.15) is 10.8 Å². The van der Waals surface area contributed by atoms with Crippen LogP contribution in [0, 0.1) is 0 Å².